The van der Waals surface area contributed by atoms with E-state index in [9.17, 15) is 4.39 Å². The molecule has 3 N–H and O–H groups in total. The second kappa shape index (κ2) is 12.5. The van der Waals surface area contributed by atoms with Crippen LogP contribution in [0, 0.1) is 17.1 Å². The minimum Gasteiger partial charge on any atom is -0.370 e. The Bertz CT molecular complexity index is 1350. The molecule has 1 fully saturated rings. The second-order valence-electron chi connectivity index (χ2n) is 8.42. The first-order valence-electron chi connectivity index (χ1n) is 12.3. The monoisotopic (exact) mass is 509 g/mol. The second-order valence-corrected chi connectivity index (χ2v) is 8.80. The van der Waals surface area contributed by atoms with Crippen LogP contribution in [-0.2, 0) is 7.05 Å². The molecule has 7 nitrogen and oxygen atoms in total. The van der Waals surface area contributed by atoms with Crippen molar-refractivity contribution < 1.29 is 4.39 Å². The molecule has 4 aromatic rings. The zero-order chi connectivity index (χ0) is 26.2. The van der Waals surface area contributed by atoms with Crippen molar-refractivity contribution in [2.45, 2.75) is 52.0 Å². The fraction of sp³-hybridized carbons (Fsp3) is 0.370. The number of aryl methyl sites for hydroxylation is 1. The molecule has 36 heavy (non-hydrogen) atoms. The molecular formula is C27H33ClFN7. The maximum atomic E-state index is 14.2. The maximum Gasteiger partial charge on any atom is 0.167 e. The minimum absolute atomic E-state index is 0.0217. The number of nitrogens with zero attached hydrogens (tertiary/aromatic N) is 5. The lowest BCUT2D eigenvalue weighted by Crippen LogP contribution is -2.22. The number of rotatable bonds is 3. The lowest BCUT2D eigenvalue weighted by atomic mass is 9.97. The number of nitrogens with one attached hydrogen (secondary N) is 1. The van der Waals surface area contributed by atoms with Gasteiger partial charge in [0.05, 0.1) is 22.5 Å². The first-order valence-corrected chi connectivity index (χ1v) is 12.6. The van der Waals surface area contributed by atoms with Gasteiger partial charge in [0.25, 0.3) is 0 Å². The van der Waals surface area contributed by atoms with Gasteiger partial charge in [0, 0.05) is 37.3 Å². The van der Waals surface area contributed by atoms with E-state index in [-0.39, 0.29) is 5.56 Å². The van der Waals surface area contributed by atoms with E-state index in [2.05, 4.69) is 15.5 Å². The molecule has 1 saturated carbocycles. The lowest BCUT2D eigenvalue weighted by Gasteiger charge is -2.15. The van der Waals surface area contributed by atoms with Crippen molar-refractivity contribution >= 4 is 28.3 Å². The van der Waals surface area contributed by atoms with Crippen LogP contribution in [0.15, 0.2) is 42.6 Å². The van der Waals surface area contributed by atoms with E-state index in [1.54, 1.807) is 22.5 Å². The number of hydrogen-bond donors (Lipinski definition) is 2. The molecule has 190 valence electrons. The number of nitriles is 1. The highest BCUT2D eigenvalue weighted by molar-refractivity contribution is 6.35. The maximum absolute atomic E-state index is 14.2. The highest BCUT2D eigenvalue weighted by Crippen LogP contribution is 2.36. The molecule has 5 rings (SSSR count). The summed E-state index contributed by atoms with van der Waals surface area (Å²) in [5.74, 6) is -0.129. The van der Waals surface area contributed by atoms with E-state index in [1.165, 1.54) is 44.2 Å². The number of nitrogens with two attached hydrogens (primary N) is 1. The lowest BCUT2D eigenvalue weighted by molar-refractivity contribution is 0.441. The predicted octanol–water partition coefficient (Wildman–Crippen LogP) is 6.44. The van der Waals surface area contributed by atoms with Gasteiger partial charge in [-0.2, -0.15) is 10.4 Å². The minimum atomic E-state index is -0.604. The Balaban J connectivity index is 0.000000342. The summed E-state index contributed by atoms with van der Waals surface area (Å²) in [5.41, 5.74) is 8.30. The molecule has 0 unspecified atom stereocenters. The zero-order valence-corrected chi connectivity index (χ0v) is 22.0. The summed E-state index contributed by atoms with van der Waals surface area (Å²) >= 11 is 6.51. The molecule has 1 aliphatic rings. The van der Waals surface area contributed by atoms with Crippen molar-refractivity contribution in [3.8, 4) is 23.0 Å². The van der Waals surface area contributed by atoms with Crippen LogP contribution < -0.4 is 11.1 Å². The Morgan fingerprint density at radius 2 is 1.83 bits per heavy atom. The van der Waals surface area contributed by atoms with Gasteiger partial charge in [0.1, 0.15) is 16.9 Å². The van der Waals surface area contributed by atoms with Gasteiger partial charge in [0.15, 0.2) is 5.82 Å². The van der Waals surface area contributed by atoms with Crippen LogP contribution in [0.1, 0.15) is 51.5 Å². The summed E-state index contributed by atoms with van der Waals surface area (Å²) < 4.78 is 17.6. The van der Waals surface area contributed by atoms with Crippen LogP contribution in [0.2, 0.25) is 5.02 Å². The van der Waals surface area contributed by atoms with Gasteiger partial charge in [-0.15, -0.1) is 5.10 Å². The average Bonchev–Trinajstić information content (AvgIpc) is 3.43. The smallest absolute Gasteiger partial charge is 0.167 e. The molecule has 2 aromatic heterocycles. The summed E-state index contributed by atoms with van der Waals surface area (Å²) in [5, 5.41) is 22.1. The molecular weight excluding hydrogens is 477 g/mol. The van der Waals surface area contributed by atoms with Crippen LogP contribution in [0.3, 0.4) is 0 Å². The molecule has 0 atom stereocenters. The molecule has 0 aliphatic heterocycles. The third-order valence-electron chi connectivity index (χ3n) is 5.92. The van der Waals surface area contributed by atoms with Crippen molar-refractivity contribution in [3.05, 3.63) is 59.0 Å². The molecule has 0 saturated heterocycles. The average molecular weight is 510 g/mol. The van der Waals surface area contributed by atoms with E-state index < -0.39 is 5.82 Å². The predicted molar refractivity (Wildman–Crippen MR) is 145 cm³/mol. The SMILES string of the molecule is CC.CNc1nn(-c2ccc3nn(C)cc3c2)c(-c2ccc(C#N)c(F)c2)c1Cl.NC1CCCCC1. The molecule has 0 amide bonds. The van der Waals surface area contributed by atoms with Crippen LogP contribution in [0.25, 0.3) is 27.8 Å². The first kappa shape index (κ1) is 27.2. The van der Waals surface area contributed by atoms with Crippen LogP contribution in [0.4, 0.5) is 10.2 Å². The quantitative estimate of drug-likeness (QED) is 0.331. The summed E-state index contributed by atoms with van der Waals surface area (Å²) in [6.45, 7) is 4.00. The molecule has 2 aromatic carbocycles. The van der Waals surface area contributed by atoms with Crippen LogP contribution in [-0.4, -0.2) is 32.7 Å². The van der Waals surface area contributed by atoms with E-state index in [4.69, 9.17) is 22.6 Å². The van der Waals surface area contributed by atoms with E-state index in [1.807, 2.05) is 51.4 Å². The van der Waals surface area contributed by atoms with Crippen molar-refractivity contribution in [3.63, 3.8) is 0 Å². The molecule has 9 heteroatoms. The number of fused-ring (bicyclic) bond motifs is 1. The van der Waals surface area contributed by atoms with Gasteiger partial charge in [-0.3, -0.25) is 4.68 Å². The van der Waals surface area contributed by atoms with Gasteiger partial charge in [0.2, 0.25) is 0 Å². The van der Waals surface area contributed by atoms with E-state index in [0.717, 1.165) is 16.6 Å². The highest BCUT2D eigenvalue weighted by atomic mass is 35.5. The number of benzene rings is 2. The molecule has 0 bridgehead atoms. The topological polar surface area (TPSA) is 97.5 Å². The summed E-state index contributed by atoms with van der Waals surface area (Å²) in [7, 11) is 3.57. The van der Waals surface area contributed by atoms with Crippen LogP contribution >= 0.6 is 11.6 Å². The van der Waals surface area contributed by atoms with Gasteiger partial charge in [-0.1, -0.05) is 50.8 Å². The summed E-state index contributed by atoms with van der Waals surface area (Å²) in [4.78, 5) is 0. The highest BCUT2D eigenvalue weighted by Gasteiger charge is 2.20. The van der Waals surface area contributed by atoms with Crippen LogP contribution in [0.5, 0.6) is 0 Å². The molecule has 0 spiro atoms. The normalized spacial score (nSPS) is 13.3. The largest absolute Gasteiger partial charge is 0.370 e. The third kappa shape index (κ3) is 6.04. The third-order valence-corrected chi connectivity index (χ3v) is 6.28. The zero-order valence-electron chi connectivity index (χ0n) is 21.2. The fourth-order valence-electron chi connectivity index (χ4n) is 4.15. The summed E-state index contributed by atoms with van der Waals surface area (Å²) in [6, 6.07) is 12.4. The van der Waals surface area contributed by atoms with Crippen molar-refractivity contribution in [1.82, 2.24) is 19.6 Å². The van der Waals surface area contributed by atoms with Crippen molar-refractivity contribution in [1.29, 1.82) is 5.26 Å². The van der Waals surface area contributed by atoms with E-state index in [0.29, 0.717) is 28.1 Å². The molecule has 1 aliphatic carbocycles. The Hall–Kier alpha value is -3.41. The van der Waals surface area contributed by atoms with Crippen molar-refractivity contribution in [2.75, 3.05) is 12.4 Å². The Morgan fingerprint density at radius 1 is 1.11 bits per heavy atom. The van der Waals surface area contributed by atoms with Gasteiger partial charge in [-0.05, 0) is 43.2 Å². The Morgan fingerprint density at radius 3 is 2.42 bits per heavy atom. The molecule has 2 heterocycles. The van der Waals surface area contributed by atoms with E-state index >= 15 is 0 Å². The number of hydrogen-bond acceptors (Lipinski definition) is 5. The standard InChI is InChI=1S/C19H14ClFN6.C6H13N.C2H6/c1-23-19-17(20)18(11-3-4-12(9-22)15(21)8-11)27(25-19)14-5-6-16-13(7-14)10-26(2)24-16;7-6-4-2-1-3-5-6;1-2/h3-8,10H,1-2H3,(H,23,25);6H,1-5,7H2;1-2H3. The summed E-state index contributed by atoms with van der Waals surface area (Å²) in [6.07, 6.45) is 8.57. The van der Waals surface area contributed by atoms with Gasteiger partial charge >= 0.3 is 0 Å². The molecule has 0 radical (unpaired) electrons. The number of halogens is 2. The van der Waals surface area contributed by atoms with Crippen molar-refractivity contribution in [2.24, 2.45) is 12.8 Å². The van der Waals surface area contributed by atoms with Gasteiger partial charge in [-0.25, -0.2) is 9.07 Å². The Labute approximate surface area is 216 Å². The number of anilines is 1. The first-order chi connectivity index (χ1) is 17.4. The Kier molecular flexibility index (Phi) is 9.45. The number of aromatic nitrogens is 4. The van der Waals surface area contributed by atoms with Gasteiger partial charge < -0.3 is 11.1 Å². The fourth-order valence-corrected chi connectivity index (χ4v) is 4.47.